The minimum Gasteiger partial charge on any atom is -0.496 e. The number of carbonyl (C=O) groups excluding carboxylic acids is 1. The zero-order valence-electron chi connectivity index (χ0n) is 19.4. The first kappa shape index (κ1) is 22.7. The third-order valence-electron chi connectivity index (χ3n) is 6.37. The molecule has 1 aliphatic rings. The van der Waals surface area contributed by atoms with Crippen molar-refractivity contribution < 1.29 is 14.1 Å². The summed E-state index contributed by atoms with van der Waals surface area (Å²) in [5.74, 6) is 0.529. The maximum atomic E-state index is 13.1. The Balaban J connectivity index is 1.38. The Bertz CT molecular complexity index is 1190. The van der Waals surface area contributed by atoms with Crippen LogP contribution in [0.5, 0.6) is 5.75 Å². The number of H-pyrrole nitrogens is 1. The molecule has 0 saturated carbocycles. The number of likely N-dealkylation sites (tertiary alicyclic amines) is 1. The normalized spacial score (nSPS) is 14.9. The van der Waals surface area contributed by atoms with Gasteiger partial charge < -0.3 is 9.64 Å². The molecule has 1 fully saturated rings. The lowest BCUT2D eigenvalue weighted by atomic mass is 10.0. The van der Waals surface area contributed by atoms with Crippen LogP contribution in [0.3, 0.4) is 0 Å². The molecule has 9 nitrogen and oxygen atoms in total. The molecule has 0 bridgehead atoms. The fourth-order valence-electron chi connectivity index (χ4n) is 4.43. The molecular formula is C24H29N5O4. The van der Waals surface area contributed by atoms with Crippen molar-refractivity contribution in [3.63, 3.8) is 0 Å². The molecule has 9 heteroatoms. The zero-order chi connectivity index (χ0) is 23.5. The summed E-state index contributed by atoms with van der Waals surface area (Å²) in [4.78, 5) is 35.7. The number of methoxy groups -OCH3 is 1. The molecule has 1 aliphatic heterocycles. The first-order valence-electron chi connectivity index (χ1n) is 11.0. The highest BCUT2D eigenvalue weighted by molar-refractivity contribution is 5.95. The number of aryl methyl sites for hydroxylation is 1. The Morgan fingerprint density at radius 2 is 2.06 bits per heavy atom. The van der Waals surface area contributed by atoms with E-state index in [1.165, 1.54) is 0 Å². The highest BCUT2D eigenvalue weighted by Gasteiger charge is 2.27. The van der Waals surface area contributed by atoms with Crippen LogP contribution < -0.4 is 10.5 Å². The molecule has 1 aromatic carbocycles. The molecule has 2 aromatic heterocycles. The number of amides is 1. The third-order valence-corrected chi connectivity index (χ3v) is 6.37. The van der Waals surface area contributed by atoms with E-state index in [2.05, 4.69) is 31.5 Å². The van der Waals surface area contributed by atoms with Crippen molar-refractivity contribution in [2.24, 2.45) is 0 Å². The summed E-state index contributed by atoms with van der Waals surface area (Å²) in [5, 5.41) is 3.70. The second-order valence-electron chi connectivity index (χ2n) is 8.49. The van der Waals surface area contributed by atoms with Crippen LogP contribution in [0.15, 0.2) is 39.8 Å². The number of piperidine rings is 1. The SMILES string of the molecule is COc1c(C)cnc(CN2CCC(N(C)C(=O)c3cccc(-c4noc(=O)[nH]4)c3)CC2)c1C. The Morgan fingerprint density at radius 1 is 1.30 bits per heavy atom. The Hall–Kier alpha value is -3.46. The molecule has 0 aliphatic carbocycles. The van der Waals surface area contributed by atoms with Gasteiger partial charge in [-0.05, 0) is 38.8 Å². The summed E-state index contributed by atoms with van der Waals surface area (Å²) >= 11 is 0. The second kappa shape index (κ2) is 9.58. The van der Waals surface area contributed by atoms with Gasteiger partial charge in [-0.3, -0.25) is 24.2 Å². The number of ether oxygens (including phenoxy) is 1. The number of nitrogens with zero attached hydrogens (tertiary/aromatic N) is 4. The smallest absolute Gasteiger partial charge is 0.439 e. The summed E-state index contributed by atoms with van der Waals surface area (Å²) < 4.78 is 10.1. The quantitative estimate of drug-likeness (QED) is 0.614. The number of pyridine rings is 1. The number of rotatable bonds is 6. The molecule has 0 radical (unpaired) electrons. The zero-order valence-corrected chi connectivity index (χ0v) is 19.4. The predicted octanol–water partition coefficient (Wildman–Crippen LogP) is 2.79. The fourth-order valence-corrected chi connectivity index (χ4v) is 4.43. The summed E-state index contributed by atoms with van der Waals surface area (Å²) in [7, 11) is 3.54. The van der Waals surface area contributed by atoms with Crippen molar-refractivity contribution in [1.82, 2.24) is 24.9 Å². The van der Waals surface area contributed by atoms with E-state index in [1.54, 1.807) is 31.4 Å². The molecule has 3 aromatic rings. The van der Waals surface area contributed by atoms with Gasteiger partial charge in [0.15, 0.2) is 5.82 Å². The molecule has 0 atom stereocenters. The number of benzene rings is 1. The minimum absolute atomic E-state index is 0.0538. The van der Waals surface area contributed by atoms with Gasteiger partial charge in [0.1, 0.15) is 5.75 Å². The molecule has 33 heavy (non-hydrogen) atoms. The summed E-state index contributed by atoms with van der Waals surface area (Å²) in [5.41, 5.74) is 4.33. The van der Waals surface area contributed by atoms with Gasteiger partial charge in [0.2, 0.25) is 0 Å². The van der Waals surface area contributed by atoms with Crippen LogP contribution in [0, 0.1) is 13.8 Å². The number of aromatic nitrogens is 3. The molecular weight excluding hydrogens is 422 g/mol. The Kier molecular flexibility index (Phi) is 6.60. The van der Waals surface area contributed by atoms with Gasteiger partial charge in [-0.2, -0.15) is 0 Å². The van der Waals surface area contributed by atoms with Crippen molar-refractivity contribution in [1.29, 1.82) is 0 Å². The number of aromatic amines is 1. The van der Waals surface area contributed by atoms with Gasteiger partial charge in [0.25, 0.3) is 5.91 Å². The second-order valence-corrected chi connectivity index (χ2v) is 8.49. The van der Waals surface area contributed by atoms with E-state index in [1.807, 2.05) is 25.1 Å². The predicted molar refractivity (Wildman–Crippen MR) is 123 cm³/mol. The molecule has 3 heterocycles. The van der Waals surface area contributed by atoms with E-state index in [4.69, 9.17) is 4.74 Å². The Labute approximate surface area is 192 Å². The fraction of sp³-hybridized carbons (Fsp3) is 0.417. The number of nitrogens with one attached hydrogen (secondary N) is 1. The summed E-state index contributed by atoms with van der Waals surface area (Å²) in [6, 6.07) is 7.21. The van der Waals surface area contributed by atoms with E-state index >= 15 is 0 Å². The van der Waals surface area contributed by atoms with Gasteiger partial charge in [0, 0.05) is 61.2 Å². The average molecular weight is 452 g/mol. The van der Waals surface area contributed by atoms with Crippen LogP contribution in [-0.4, -0.2) is 64.1 Å². The maximum Gasteiger partial charge on any atom is 0.439 e. The van der Waals surface area contributed by atoms with Gasteiger partial charge >= 0.3 is 5.76 Å². The van der Waals surface area contributed by atoms with Crippen LogP contribution >= 0.6 is 0 Å². The lowest BCUT2D eigenvalue weighted by molar-refractivity contribution is 0.0635. The van der Waals surface area contributed by atoms with Gasteiger partial charge in [0.05, 0.1) is 12.8 Å². The summed E-state index contributed by atoms with van der Waals surface area (Å²) in [6.45, 7) is 6.60. The largest absolute Gasteiger partial charge is 0.496 e. The van der Waals surface area contributed by atoms with Crippen molar-refractivity contribution in [3.05, 3.63) is 63.4 Å². The third kappa shape index (κ3) is 4.83. The van der Waals surface area contributed by atoms with E-state index < -0.39 is 5.76 Å². The Morgan fingerprint density at radius 3 is 2.73 bits per heavy atom. The van der Waals surface area contributed by atoms with Crippen LogP contribution in [0.2, 0.25) is 0 Å². The van der Waals surface area contributed by atoms with Crippen LogP contribution in [0.4, 0.5) is 0 Å². The molecule has 0 unspecified atom stereocenters. The van der Waals surface area contributed by atoms with E-state index in [-0.39, 0.29) is 11.9 Å². The topological polar surface area (TPSA) is 105 Å². The standard InChI is InChI=1S/C24H29N5O4/c1-15-13-25-20(16(2)21(15)32-4)14-29-10-8-19(9-11-29)28(3)23(30)18-7-5-6-17(12-18)22-26-24(31)33-27-22/h5-7,12-13,19H,8-11,14H2,1-4H3,(H,26,27,31). The van der Waals surface area contributed by atoms with Crippen molar-refractivity contribution in [2.45, 2.75) is 39.3 Å². The number of carbonyl (C=O) groups is 1. The van der Waals surface area contributed by atoms with E-state index in [0.717, 1.165) is 55.0 Å². The van der Waals surface area contributed by atoms with Gasteiger partial charge in [-0.25, -0.2) is 4.79 Å². The lowest BCUT2D eigenvalue weighted by Crippen LogP contribution is -2.45. The van der Waals surface area contributed by atoms with Gasteiger partial charge in [-0.1, -0.05) is 17.3 Å². The summed E-state index contributed by atoms with van der Waals surface area (Å²) in [6.07, 6.45) is 3.64. The van der Waals surface area contributed by atoms with Crippen molar-refractivity contribution >= 4 is 5.91 Å². The average Bonchev–Trinajstić information content (AvgIpc) is 3.27. The van der Waals surface area contributed by atoms with Crippen molar-refractivity contribution in [2.75, 3.05) is 27.2 Å². The van der Waals surface area contributed by atoms with Crippen molar-refractivity contribution in [3.8, 4) is 17.1 Å². The maximum absolute atomic E-state index is 13.1. The van der Waals surface area contributed by atoms with Crippen LogP contribution in [0.1, 0.15) is 40.0 Å². The molecule has 0 spiro atoms. The van der Waals surface area contributed by atoms with E-state index in [9.17, 15) is 9.59 Å². The molecule has 174 valence electrons. The van der Waals surface area contributed by atoms with Gasteiger partial charge in [-0.15, -0.1) is 0 Å². The highest BCUT2D eigenvalue weighted by atomic mass is 16.5. The molecule has 4 rings (SSSR count). The first-order chi connectivity index (χ1) is 15.9. The highest BCUT2D eigenvalue weighted by Crippen LogP contribution is 2.26. The first-order valence-corrected chi connectivity index (χ1v) is 11.0. The molecule has 1 saturated heterocycles. The lowest BCUT2D eigenvalue weighted by Gasteiger charge is -2.37. The number of hydrogen-bond donors (Lipinski definition) is 1. The monoisotopic (exact) mass is 451 g/mol. The van der Waals surface area contributed by atoms with Crippen LogP contribution in [-0.2, 0) is 6.54 Å². The van der Waals surface area contributed by atoms with E-state index in [0.29, 0.717) is 17.0 Å². The molecule has 1 N–H and O–H groups in total. The minimum atomic E-state index is -0.625. The van der Waals surface area contributed by atoms with Crippen LogP contribution in [0.25, 0.3) is 11.4 Å². The molecule has 1 amide bonds. The number of hydrogen-bond acceptors (Lipinski definition) is 7.